The largest absolute Gasteiger partial charge is 0.453 e. The molecule has 0 aliphatic carbocycles. The third kappa shape index (κ3) is 6.06. The molecule has 1 saturated heterocycles. The van der Waals surface area contributed by atoms with Gasteiger partial charge in [-0.2, -0.15) is 0 Å². The molecule has 0 radical (unpaired) electrons. The van der Waals surface area contributed by atoms with E-state index < -0.39 is 54.9 Å². The zero-order valence-corrected chi connectivity index (χ0v) is 18.5. The van der Waals surface area contributed by atoms with E-state index in [-0.39, 0.29) is 5.56 Å². The van der Waals surface area contributed by atoms with E-state index in [0.29, 0.717) is 5.56 Å². The summed E-state index contributed by atoms with van der Waals surface area (Å²) in [6, 6.07) is 16.6. The van der Waals surface area contributed by atoms with Gasteiger partial charge >= 0.3 is 11.9 Å². The average molecular weight is 456 g/mol. The van der Waals surface area contributed by atoms with Gasteiger partial charge in [-0.05, 0) is 44.2 Å². The van der Waals surface area contributed by atoms with Crippen LogP contribution in [0.4, 0.5) is 0 Å². The molecule has 2 N–H and O–H groups in total. The van der Waals surface area contributed by atoms with Crippen molar-refractivity contribution < 1.29 is 38.7 Å². The molecule has 1 heterocycles. The van der Waals surface area contributed by atoms with Crippen LogP contribution in [0.2, 0.25) is 0 Å². The molecule has 1 fully saturated rings. The zero-order valence-electron chi connectivity index (χ0n) is 18.5. The van der Waals surface area contributed by atoms with Crippen molar-refractivity contribution in [3.05, 3.63) is 84.4 Å². The first-order valence-electron chi connectivity index (χ1n) is 10.5. The van der Waals surface area contributed by atoms with E-state index in [1.165, 1.54) is 6.08 Å². The van der Waals surface area contributed by atoms with Crippen LogP contribution in [0, 0.1) is 0 Å². The Morgan fingerprint density at radius 1 is 0.970 bits per heavy atom. The first kappa shape index (κ1) is 24.6. The molecular formula is C25H28O8. The smallest absolute Gasteiger partial charge is 0.338 e. The summed E-state index contributed by atoms with van der Waals surface area (Å²) < 4.78 is 23.1. The van der Waals surface area contributed by atoms with Crippen LogP contribution in [0.15, 0.2) is 73.3 Å². The Morgan fingerprint density at radius 2 is 1.45 bits per heavy atom. The van der Waals surface area contributed by atoms with Gasteiger partial charge in [-0.25, -0.2) is 9.59 Å². The molecule has 5 atom stereocenters. The van der Waals surface area contributed by atoms with Gasteiger partial charge in [0, 0.05) is 0 Å². The van der Waals surface area contributed by atoms with Crippen LogP contribution < -0.4 is 0 Å². The fraction of sp³-hybridized carbons (Fsp3) is 0.360. The molecule has 0 aromatic heterocycles. The standard InChI is InChI=1S/C25H28O8/c1-4-19(30-23(28)16-11-7-5-8-12-16)21-22(33-25(2,3)32-21)20(18(27)15-26)31-24(29)17-13-9-6-10-14-17/h4-14,18-22,26-27H,1,15H2,2-3H3/t18-,19-,20-,21-,22+/m1/s1. The zero-order chi connectivity index (χ0) is 24.0. The van der Waals surface area contributed by atoms with Crippen LogP contribution in [-0.2, 0) is 18.9 Å². The quantitative estimate of drug-likeness (QED) is 0.437. The van der Waals surface area contributed by atoms with E-state index >= 15 is 0 Å². The lowest BCUT2D eigenvalue weighted by Crippen LogP contribution is -2.51. The number of carbonyl (C=O) groups excluding carboxylic acids is 2. The van der Waals surface area contributed by atoms with Crippen molar-refractivity contribution in [1.82, 2.24) is 0 Å². The lowest BCUT2D eigenvalue weighted by molar-refractivity contribution is -0.167. The van der Waals surface area contributed by atoms with Crippen molar-refractivity contribution in [3.63, 3.8) is 0 Å². The van der Waals surface area contributed by atoms with E-state index in [2.05, 4.69) is 6.58 Å². The Morgan fingerprint density at radius 3 is 1.94 bits per heavy atom. The van der Waals surface area contributed by atoms with Crippen LogP contribution in [-0.4, -0.2) is 65.1 Å². The van der Waals surface area contributed by atoms with Crippen LogP contribution in [0.25, 0.3) is 0 Å². The van der Waals surface area contributed by atoms with Crippen molar-refractivity contribution in [3.8, 4) is 0 Å². The summed E-state index contributed by atoms with van der Waals surface area (Å²) in [5.41, 5.74) is 0.597. The second-order valence-corrected chi connectivity index (χ2v) is 8.02. The maximum Gasteiger partial charge on any atom is 0.338 e. The molecule has 0 amide bonds. The van der Waals surface area contributed by atoms with Crippen LogP contribution in [0.5, 0.6) is 0 Å². The highest BCUT2D eigenvalue weighted by Gasteiger charge is 2.52. The SMILES string of the molecule is C=C[C@@H](OC(=O)c1ccccc1)[C@H]1OC(C)(C)O[C@H]1[C@H](OC(=O)c1ccccc1)[C@H](O)CO. The highest BCUT2D eigenvalue weighted by atomic mass is 16.8. The number of hydrogen-bond donors (Lipinski definition) is 2. The van der Waals surface area contributed by atoms with E-state index in [9.17, 15) is 19.8 Å². The maximum absolute atomic E-state index is 12.7. The Labute approximate surface area is 192 Å². The molecule has 2 aromatic carbocycles. The fourth-order valence-corrected chi connectivity index (χ4v) is 3.57. The van der Waals surface area contributed by atoms with E-state index in [1.54, 1.807) is 74.5 Å². The lowest BCUT2D eigenvalue weighted by atomic mass is 9.98. The van der Waals surface area contributed by atoms with E-state index in [1.807, 2.05) is 0 Å². The minimum atomic E-state index is -1.47. The number of benzene rings is 2. The van der Waals surface area contributed by atoms with E-state index in [4.69, 9.17) is 18.9 Å². The molecule has 33 heavy (non-hydrogen) atoms. The third-order valence-electron chi connectivity index (χ3n) is 5.12. The molecule has 0 unspecified atom stereocenters. The summed E-state index contributed by atoms with van der Waals surface area (Å²) in [6.45, 7) is 6.32. The van der Waals surface area contributed by atoms with Crippen molar-refractivity contribution in [1.29, 1.82) is 0 Å². The number of rotatable bonds is 9. The Balaban J connectivity index is 1.86. The first-order chi connectivity index (χ1) is 15.8. The number of aliphatic hydroxyl groups excluding tert-OH is 2. The third-order valence-corrected chi connectivity index (χ3v) is 5.12. The topological polar surface area (TPSA) is 112 Å². The summed E-state index contributed by atoms with van der Waals surface area (Å²) in [5.74, 6) is -2.47. The van der Waals surface area contributed by atoms with Gasteiger partial charge in [0.25, 0.3) is 0 Å². The molecule has 0 bridgehead atoms. The molecule has 176 valence electrons. The van der Waals surface area contributed by atoms with Crippen molar-refractivity contribution >= 4 is 11.9 Å². The molecule has 8 nitrogen and oxygen atoms in total. The molecule has 1 aliphatic heterocycles. The molecular weight excluding hydrogens is 428 g/mol. The first-order valence-corrected chi connectivity index (χ1v) is 10.5. The molecule has 0 spiro atoms. The number of aliphatic hydroxyl groups is 2. The predicted octanol–water partition coefficient (Wildman–Crippen LogP) is 2.50. The number of hydrogen-bond acceptors (Lipinski definition) is 8. The summed E-state index contributed by atoms with van der Waals surface area (Å²) in [5, 5.41) is 20.1. The van der Waals surface area contributed by atoms with Gasteiger partial charge in [-0.1, -0.05) is 43.0 Å². The Hall–Kier alpha value is -3.04. The van der Waals surface area contributed by atoms with Gasteiger partial charge in [0.15, 0.2) is 11.9 Å². The van der Waals surface area contributed by atoms with Crippen LogP contribution in [0.3, 0.4) is 0 Å². The number of carbonyl (C=O) groups is 2. The number of ether oxygens (including phenoxy) is 4. The Bertz CT molecular complexity index is 943. The van der Waals surface area contributed by atoms with Gasteiger partial charge in [0.05, 0.1) is 17.7 Å². The van der Waals surface area contributed by atoms with Gasteiger partial charge in [-0.3, -0.25) is 0 Å². The van der Waals surface area contributed by atoms with Crippen LogP contribution in [0.1, 0.15) is 34.6 Å². The normalized spacial score (nSPS) is 22.1. The van der Waals surface area contributed by atoms with Gasteiger partial charge in [0.2, 0.25) is 0 Å². The maximum atomic E-state index is 12.7. The summed E-state index contributed by atoms with van der Waals surface area (Å²) in [6.07, 6.45) is -4.44. The average Bonchev–Trinajstić information content (AvgIpc) is 3.16. The highest BCUT2D eigenvalue weighted by Crippen LogP contribution is 2.35. The monoisotopic (exact) mass is 456 g/mol. The second-order valence-electron chi connectivity index (χ2n) is 8.02. The second kappa shape index (κ2) is 10.7. The lowest BCUT2D eigenvalue weighted by Gasteiger charge is -2.31. The summed E-state index contributed by atoms with van der Waals surface area (Å²) in [7, 11) is 0. The minimum Gasteiger partial charge on any atom is -0.453 e. The fourth-order valence-electron chi connectivity index (χ4n) is 3.57. The molecule has 3 rings (SSSR count). The summed E-state index contributed by atoms with van der Waals surface area (Å²) >= 11 is 0. The predicted molar refractivity (Wildman–Crippen MR) is 118 cm³/mol. The van der Waals surface area contributed by atoms with Gasteiger partial charge < -0.3 is 29.2 Å². The van der Waals surface area contributed by atoms with Gasteiger partial charge in [-0.15, -0.1) is 0 Å². The van der Waals surface area contributed by atoms with Crippen molar-refractivity contribution in [2.24, 2.45) is 0 Å². The highest BCUT2D eigenvalue weighted by molar-refractivity contribution is 5.90. The van der Waals surface area contributed by atoms with Crippen molar-refractivity contribution in [2.75, 3.05) is 6.61 Å². The molecule has 8 heteroatoms. The number of esters is 2. The molecule has 2 aromatic rings. The van der Waals surface area contributed by atoms with E-state index in [0.717, 1.165) is 0 Å². The Kier molecular flexibility index (Phi) is 7.99. The molecule has 1 aliphatic rings. The minimum absolute atomic E-state index is 0.262. The van der Waals surface area contributed by atoms with Crippen LogP contribution >= 0.6 is 0 Å². The van der Waals surface area contributed by atoms with Gasteiger partial charge in [0.1, 0.15) is 24.4 Å². The molecule has 0 saturated carbocycles. The van der Waals surface area contributed by atoms with Crippen molar-refractivity contribution in [2.45, 2.75) is 50.2 Å². The summed E-state index contributed by atoms with van der Waals surface area (Å²) in [4.78, 5) is 25.3.